The normalized spacial score (nSPS) is 11.8. The van der Waals surface area contributed by atoms with E-state index in [1.807, 2.05) is 41.3 Å². The average Bonchev–Trinajstić information content (AvgIpc) is 3.15. The van der Waals surface area contributed by atoms with Gasteiger partial charge in [0.15, 0.2) is 0 Å². The second kappa shape index (κ2) is 6.92. The third-order valence-corrected chi connectivity index (χ3v) is 6.75. The van der Waals surface area contributed by atoms with Crippen molar-refractivity contribution < 1.29 is 8.42 Å². The van der Waals surface area contributed by atoms with Gasteiger partial charge in [0.1, 0.15) is 9.90 Å². The number of aromatic nitrogens is 2. The first-order valence-electron chi connectivity index (χ1n) is 7.71. The highest BCUT2D eigenvalue weighted by molar-refractivity contribution is 7.89. The molecule has 0 aliphatic heterocycles. The van der Waals surface area contributed by atoms with Gasteiger partial charge >= 0.3 is 0 Å². The predicted molar refractivity (Wildman–Crippen MR) is 103 cm³/mol. The Morgan fingerprint density at radius 1 is 1.28 bits per heavy atom. The van der Waals surface area contributed by atoms with Gasteiger partial charge in [-0.15, -0.1) is 11.3 Å². The maximum absolute atomic E-state index is 12.4. The van der Waals surface area contributed by atoms with Gasteiger partial charge in [-0.3, -0.25) is 0 Å². The molecule has 5 nitrogen and oxygen atoms in total. The SMILES string of the molecule is CCNS(=O)(=O)c1cc(-c2nc(-c3ccc(Cl)cc3)cs2)n(C)c1C. The number of hydrogen-bond donors (Lipinski definition) is 1. The molecular weight excluding hydrogens is 378 g/mol. The van der Waals surface area contributed by atoms with Gasteiger partial charge in [-0.25, -0.2) is 18.1 Å². The van der Waals surface area contributed by atoms with Crippen LogP contribution in [0.1, 0.15) is 12.6 Å². The lowest BCUT2D eigenvalue weighted by Crippen LogP contribution is -2.23. The van der Waals surface area contributed by atoms with Crippen LogP contribution in [0.15, 0.2) is 40.6 Å². The molecule has 0 spiro atoms. The predicted octanol–water partition coefficient (Wildman–Crippen LogP) is 4.08. The fourth-order valence-corrected chi connectivity index (χ4v) is 4.89. The van der Waals surface area contributed by atoms with E-state index in [2.05, 4.69) is 9.71 Å². The molecule has 0 unspecified atom stereocenters. The minimum Gasteiger partial charge on any atom is -0.345 e. The van der Waals surface area contributed by atoms with Crippen LogP contribution in [0, 0.1) is 6.92 Å². The van der Waals surface area contributed by atoms with Crippen molar-refractivity contribution in [1.29, 1.82) is 0 Å². The van der Waals surface area contributed by atoms with Crippen LogP contribution in [-0.2, 0) is 17.1 Å². The number of thiazole rings is 1. The maximum Gasteiger partial charge on any atom is 0.242 e. The first-order chi connectivity index (χ1) is 11.8. The Morgan fingerprint density at radius 2 is 1.96 bits per heavy atom. The van der Waals surface area contributed by atoms with E-state index >= 15 is 0 Å². The van der Waals surface area contributed by atoms with Gasteiger partial charge in [-0.05, 0) is 25.1 Å². The molecule has 0 radical (unpaired) electrons. The molecule has 0 aliphatic carbocycles. The fraction of sp³-hybridized carbons (Fsp3) is 0.235. The highest BCUT2D eigenvalue weighted by Crippen LogP contribution is 2.32. The summed E-state index contributed by atoms with van der Waals surface area (Å²) in [5, 5.41) is 3.41. The van der Waals surface area contributed by atoms with Gasteiger partial charge in [0.05, 0.1) is 11.4 Å². The summed E-state index contributed by atoms with van der Waals surface area (Å²) >= 11 is 7.41. The highest BCUT2D eigenvalue weighted by Gasteiger charge is 2.22. The van der Waals surface area contributed by atoms with Crippen molar-refractivity contribution >= 4 is 33.0 Å². The number of sulfonamides is 1. The molecule has 0 saturated carbocycles. The van der Waals surface area contributed by atoms with Gasteiger partial charge in [0.2, 0.25) is 10.0 Å². The third-order valence-electron chi connectivity index (χ3n) is 3.98. The summed E-state index contributed by atoms with van der Waals surface area (Å²) in [7, 11) is -1.66. The number of halogens is 1. The quantitative estimate of drug-likeness (QED) is 0.708. The van der Waals surface area contributed by atoms with E-state index in [9.17, 15) is 8.42 Å². The number of rotatable bonds is 5. The van der Waals surface area contributed by atoms with Gasteiger partial charge in [0.25, 0.3) is 0 Å². The molecule has 0 saturated heterocycles. The van der Waals surface area contributed by atoms with Gasteiger partial charge < -0.3 is 4.57 Å². The number of nitrogens with one attached hydrogen (secondary N) is 1. The first kappa shape index (κ1) is 18.1. The van der Waals surface area contributed by atoms with Crippen LogP contribution in [0.25, 0.3) is 22.0 Å². The fourth-order valence-electron chi connectivity index (χ4n) is 2.56. The zero-order chi connectivity index (χ0) is 18.2. The van der Waals surface area contributed by atoms with Crippen LogP contribution in [0.2, 0.25) is 5.02 Å². The molecule has 0 aliphatic rings. The Hall–Kier alpha value is -1.67. The van der Waals surface area contributed by atoms with Crippen molar-refractivity contribution in [2.75, 3.05) is 6.54 Å². The van der Waals surface area contributed by atoms with Crippen molar-refractivity contribution in [3.05, 3.63) is 46.4 Å². The lowest BCUT2D eigenvalue weighted by molar-refractivity contribution is 0.583. The molecule has 0 atom stereocenters. The monoisotopic (exact) mass is 395 g/mol. The Bertz CT molecular complexity index is 1010. The molecule has 2 aromatic heterocycles. The molecule has 0 fully saturated rings. The molecule has 3 rings (SSSR count). The smallest absolute Gasteiger partial charge is 0.242 e. The topological polar surface area (TPSA) is 64.0 Å². The Morgan fingerprint density at radius 3 is 2.60 bits per heavy atom. The Kier molecular flexibility index (Phi) is 5.02. The number of nitrogens with zero attached hydrogens (tertiary/aromatic N) is 2. The summed E-state index contributed by atoms with van der Waals surface area (Å²) in [5.74, 6) is 0. The molecular formula is C17H18ClN3O2S2. The molecule has 2 heterocycles. The van der Waals surface area contributed by atoms with Gasteiger partial charge in [-0.2, -0.15) is 0 Å². The number of hydrogen-bond acceptors (Lipinski definition) is 4. The standard InChI is InChI=1S/C17H18ClN3O2S2/c1-4-19-25(22,23)16-9-15(21(3)11(16)2)17-20-14(10-24-17)12-5-7-13(18)8-6-12/h5-10,19H,4H2,1-3H3. The zero-order valence-corrected chi connectivity index (χ0v) is 16.5. The lowest BCUT2D eigenvalue weighted by Gasteiger charge is -2.04. The van der Waals surface area contributed by atoms with Crippen molar-refractivity contribution in [2.45, 2.75) is 18.7 Å². The van der Waals surface area contributed by atoms with E-state index in [0.717, 1.165) is 22.0 Å². The summed E-state index contributed by atoms with van der Waals surface area (Å²) in [6, 6.07) is 9.15. The molecule has 132 valence electrons. The van der Waals surface area contributed by atoms with Crippen molar-refractivity contribution in [2.24, 2.45) is 7.05 Å². The van der Waals surface area contributed by atoms with E-state index in [-0.39, 0.29) is 4.90 Å². The summed E-state index contributed by atoms with van der Waals surface area (Å²) in [6.07, 6.45) is 0. The Balaban J connectivity index is 2.02. The molecule has 8 heteroatoms. The zero-order valence-electron chi connectivity index (χ0n) is 14.1. The van der Waals surface area contributed by atoms with Crippen LogP contribution in [0.4, 0.5) is 0 Å². The molecule has 1 aromatic carbocycles. The van der Waals surface area contributed by atoms with Crippen LogP contribution in [0.3, 0.4) is 0 Å². The molecule has 25 heavy (non-hydrogen) atoms. The molecule has 3 aromatic rings. The van der Waals surface area contributed by atoms with E-state index in [1.54, 1.807) is 19.9 Å². The summed E-state index contributed by atoms with van der Waals surface area (Å²) in [6.45, 7) is 3.90. The minimum absolute atomic E-state index is 0.287. The highest BCUT2D eigenvalue weighted by atomic mass is 35.5. The van der Waals surface area contributed by atoms with Crippen LogP contribution in [0.5, 0.6) is 0 Å². The largest absolute Gasteiger partial charge is 0.345 e. The second-order valence-corrected chi connectivity index (χ2v) is 8.61. The minimum atomic E-state index is -3.51. The third kappa shape index (κ3) is 3.50. The van der Waals surface area contributed by atoms with Gasteiger partial charge in [0, 0.05) is 35.3 Å². The van der Waals surface area contributed by atoms with Crippen LogP contribution < -0.4 is 4.72 Å². The second-order valence-electron chi connectivity index (χ2n) is 5.58. The van der Waals surface area contributed by atoms with Crippen molar-refractivity contribution in [3.63, 3.8) is 0 Å². The van der Waals surface area contributed by atoms with Crippen molar-refractivity contribution in [3.8, 4) is 22.0 Å². The Labute approximate surface area is 156 Å². The van der Waals surface area contributed by atoms with Crippen molar-refractivity contribution in [1.82, 2.24) is 14.3 Å². The average molecular weight is 396 g/mol. The molecule has 0 amide bonds. The molecule has 0 bridgehead atoms. The van der Waals surface area contributed by atoms with E-state index in [0.29, 0.717) is 17.3 Å². The van der Waals surface area contributed by atoms with E-state index in [4.69, 9.17) is 11.6 Å². The summed E-state index contributed by atoms with van der Waals surface area (Å²) in [4.78, 5) is 4.95. The van der Waals surface area contributed by atoms with Gasteiger partial charge in [-0.1, -0.05) is 30.7 Å². The molecule has 1 N–H and O–H groups in total. The summed E-state index contributed by atoms with van der Waals surface area (Å²) < 4.78 is 29.1. The number of benzene rings is 1. The first-order valence-corrected chi connectivity index (χ1v) is 10.5. The maximum atomic E-state index is 12.4. The summed E-state index contributed by atoms with van der Waals surface area (Å²) in [5.41, 5.74) is 3.27. The van der Waals surface area contributed by atoms with Crippen LogP contribution >= 0.6 is 22.9 Å². The lowest BCUT2D eigenvalue weighted by atomic mass is 10.2. The van der Waals surface area contributed by atoms with Crippen LogP contribution in [-0.4, -0.2) is 24.5 Å². The van der Waals surface area contributed by atoms with E-state index < -0.39 is 10.0 Å². The van der Waals surface area contributed by atoms with E-state index in [1.165, 1.54) is 11.3 Å².